The first-order valence-corrected chi connectivity index (χ1v) is 11.1. The molecule has 26 heavy (non-hydrogen) atoms. The van der Waals surface area contributed by atoms with E-state index in [1.165, 1.54) is 71.2 Å². The van der Waals surface area contributed by atoms with Crippen molar-refractivity contribution < 1.29 is 0 Å². The molecule has 2 aliphatic heterocycles. The molecule has 3 heteroatoms. The smallest absolute Gasteiger partial charge is 0.0338 e. The molecule has 3 nitrogen and oxygen atoms in total. The molecule has 2 heterocycles. The SMILES string of the molecule is C=CC1CC(/C(=C\C)CCN2CCN(CCC)CC23CC3)CCNC1C. The van der Waals surface area contributed by atoms with Crippen molar-refractivity contribution in [3.63, 3.8) is 0 Å². The Morgan fingerprint density at radius 2 is 2.08 bits per heavy atom. The van der Waals surface area contributed by atoms with Crippen molar-refractivity contribution in [2.24, 2.45) is 11.8 Å². The van der Waals surface area contributed by atoms with E-state index in [1.54, 1.807) is 5.57 Å². The van der Waals surface area contributed by atoms with E-state index in [9.17, 15) is 0 Å². The van der Waals surface area contributed by atoms with Gasteiger partial charge in [-0.2, -0.15) is 0 Å². The van der Waals surface area contributed by atoms with E-state index in [0.717, 1.165) is 12.5 Å². The van der Waals surface area contributed by atoms with Crippen molar-refractivity contribution in [2.45, 2.75) is 70.9 Å². The van der Waals surface area contributed by atoms with Crippen LogP contribution in [0.1, 0.15) is 59.3 Å². The maximum Gasteiger partial charge on any atom is 0.0338 e. The second-order valence-electron chi connectivity index (χ2n) is 8.96. The average Bonchev–Trinajstić information content (AvgIpc) is 3.42. The van der Waals surface area contributed by atoms with Gasteiger partial charge in [-0.1, -0.05) is 24.6 Å². The average molecular weight is 360 g/mol. The Balaban J connectivity index is 1.55. The molecule has 0 amide bonds. The number of piperazine rings is 1. The first-order valence-electron chi connectivity index (χ1n) is 11.1. The van der Waals surface area contributed by atoms with Gasteiger partial charge in [-0.3, -0.25) is 4.90 Å². The number of hydrogen-bond acceptors (Lipinski definition) is 3. The van der Waals surface area contributed by atoms with Gasteiger partial charge in [0, 0.05) is 37.8 Å². The lowest BCUT2D eigenvalue weighted by molar-refractivity contribution is 0.0596. The van der Waals surface area contributed by atoms with Crippen LogP contribution in [-0.4, -0.2) is 60.6 Å². The summed E-state index contributed by atoms with van der Waals surface area (Å²) >= 11 is 0. The van der Waals surface area contributed by atoms with Crippen LogP contribution in [0.5, 0.6) is 0 Å². The minimum absolute atomic E-state index is 0.537. The molecule has 3 rings (SSSR count). The molecule has 0 bridgehead atoms. The van der Waals surface area contributed by atoms with Gasteiger partial charge in [-0.15, -0.1) is 6.58 Å². The standard InChI is InChI=1S/C23H41N3/c1-5-13-25-15-16-26(23(18-25)10-11-23)14-9-20(6-2)22-8-12-24-19(4)21(7-3)17-22/h6-7,19,21-22,24H,3,5,8-18H2,1-2,4H3/b20-6-. The van der Waals surface area contributed by atoms with Crippen LogP contribution >= 0.6 is 0 Å². The van der Waals surface area contributed by atoms with Gasteiger partial charge in [0.25, 0.3) is 0 Å². The predicted molar refractivity (Wildman–Crippen MR) is 113 cm³/mol. The van der Waals surface area contributed by atoms with E-state index >= 15 is 0 Å². The summed E-state index contributed by atoms with van der Waals surface area (Å²) in [7, 11) is 0. The Kier molecular flexibility index (Phi) is 6.98. The summed E-state index contributed by atoms with van der Waals surface area (Å²) in [4.78, 5) is 5.54. The van der Waals surface area contributed by atoms with Crippen LogP contribution < -0.4 is 5.32 Å². The van der Waals surface area contributed by atoms with Crippen LogP contribution in [0, 0.1) is 11.8 Å². The van der Waals surface area contributed by atoms with Gasteiger partial charge >= 0.3 is 0 Å². The van der Waals surface area contributed by atoms with Crippen molar-refractivity contribution >= 4 is 0 Å². The van der Waals surface area contributed by atoms with Crippen LogP contribution in [0.2, 0.25) is 0 Å². The predicted octanol–water partition coefficient (Wildman–Crippen LogP) is 4.07. The van der Waals surface area contributed by atoms with Crippen molar-refractivity contribution in [3.05, 3.63) is 24.3 Å². The molecule has 0 aromatic rings. The molecule has 0 aromatic heterocycles. The van der Waals surface area contributed by atoms with Gasteiger partial charge in [0.05, 0.1) is 0 Å². The quantitative estimate of drug-likeness (QED) is 0.691. The number of nitrogens with zero attached hydrogens (tertiary/aromatic N) is 2. The van der Waals surface area contributed by atoms with Crippen molar-refractivity contribution in [3.8, 4) is 0 Å². The van der Waals surface area contributed by atoms with Crippen LogP contribution in [-0.2, 0) is 0 Å². The minimum Gasteiger partial charge on any atom is -0.314 e. The van der Waals surface area contributed by atoms with E-state index in [4.69, 9.17) is 0 Å². The maximum absolute atomic E-state index is 4.09. The largest absolute Gasteiger partial charge is 0.314 e. The molecule has 3 fully saturated rings. The van der Waals surface area contributed by atoms with Crippen LogP contribution in [0.25, 0.3) is 0 Å². The van der Waals surface area contributed by atoms with Crippen molar-refractivity contribution in [1.29, 1.82) is 0 Å². The van der Waals surface area contributed by atoms with Gasteiger partial charge in [0.1, 0.15) is 0 Å². The maximum atomic E-state index is 4.09. The molecule has 2 saturated heterocycles. The highest BCUT2D eigenvalue weighted by molar-refractivity contribution is 5.12. The normalized spacial score (nSPS) is 33.2. The van der Waals surface area contributed by atoms with Crippen LogP contribution in [0.15, 0.2) is 24.3 Å². The molecular weight excluding hydrogens is 318 g/mol. The Hall–Kier alpha value is -0.640. The van der Waals surface area contributed by atoms with E-state index in [2.05, 4.69) is 54.6 Å². The zero-order chi connectivity index (χ0) is 18.6. The van der Waals surface area contributed by atoms with E-state index < -0.39 is 0 Å². The molecular formula is C23H41N3. The third kappa shape index (κ3) is 4.61. The fourth-order valence-corrected chi connectivity index (χ4v) is 5.34. The highest BCUT2D eigenvalue weighted by Crippen LogP contribution is 2.44. The lowest BCUT2D eigenvalue weighted by atomic mass is 9.83. The zero-order valence-corrected chi connectivity index (χ0v) is 17.5. The molecule has 3 unspecified atom stereocenters. The lowest BCUT2D eigenvalue weighted by Gasteiger charge is -2.42. The van der Waals surface area contributed by atoms with E-state index in [-0.39, 0.29) is 0 Å². The van der Waals surface area contributed by atoms with Crippen molar-refractivity contribution in [2.75, 3.05) is 39.3 Å². The summed E-state index contributed by atoms with van der Waals surface area (Å²) < 4.78 is 0. The summed E-state index contributed by atoms with van der Waals surface area (Å²) in [5.74, 6) is 1.33. The highest BCUT2D eigenvalue weighted by Gasteiger charge is 2.50. The molecule has 1 saturated carbocycles. The van der Waals surface area contributed by atoms with E-state index in [1.807, 2.05) is 0 Å². The monoisotopic (exact) mass is 359 g/mol. The molecule has 0 radical (unpaired) electrons. The third-order valence-electron chi connectivity index (χ3n) is 7.27. The molecule has 1 aliphatic carbocycles. The van der Waals surface area contributed by atoms with Crippen molar-refractivity contribution in [1.82, 2.24) is 15.1 Å². The zero-order valence-electron chi connectivity index (χ0n) is 17.5. The lowest BCUT2D eigenvalue weighted by Crippen LogP contribution is -2.55. The van der Waals surface area contributed by atoms with Gasteiger partial charge in [-0.25, -0.2) is 0 Å². The van der Waals surface area contributed by atoms with Gasteiger partial charge in [0.15, 0.2) is 0 Å². The Bertz CT molecular complexity index is 494. The fraction of sp³-hybridized carbons (Fsp3) is 0.826. The summed E-state index contributed by atoms with van der Waals surface area (Å²) in [6.45, 7) is 18.5. The number of allylic oxidation sites excluding steroid dienone is 1. The molecule has 1 spiro atoms. The van der Waals surface area contributed by atoms with Gasteiger partial charge in [0.2, 0.25) is 0 Å². The minimum atomic E-state index is 0.537. The number of hydrogen-bond donors (Lipinski definition) is 1. The Morgan fingerprint density at radius 1 is 1.27 bits per heavy atom. The number of nitrogens with one attached hydrogen (secondary N) is 1. The molecule has 148 valence electrons. The van der Waals surface area contributed by atoms with Crippen LogP contribution in [0.4, 0.5) is 0 Å². The van der Waals surface area contributed by atoms with Gasteiger partial charge < -0.3 is 10.2 Å². The highest BCUT2D eigenvalue weighted by atomic mass is 15.3. The topological polar surface area (TPSA) is 18.5 Å². The van der Waals surface area contributed by atoms with E-state index in [0.29, 0.717) is 17.5 Å². The second-order valence-corrected chi connectivity index (χ2v) is 8.96. The molecule has 3 aliphatic rings. The molecule has 0 aromatic carbocycles. The Labute approximate surface area is 161 Å². The summed E-state index contributed by atoms with van der Waals surface area (Å²) in [5, 5.41) is 3.69. The Morgan fingerprint density at radius 3 is 2.73 bits per heavy atom. The second kappa shape index (κ2) is 9.03. The molecule has 1 N–H and O–H groups in total. The summed E-state index contributed by atoms with van der Waals surface area (Å²) in [6.07, 6.45) is 12.5. The molecule has 3 atom stereocenters. The van der Waals surface area contributed by atoms with Crippen LogP contribution in [0.3, 0.4) is 0 Å². The summed E-state index contributed by atoms with van der Waals surface area (Å²) in [6, 6.07) is 0.567. The number of rotatable bonds is 7. The third-order valence-corrected chi connectivity index (χ3v) is 7.27. The first kappa shape index (κ1) is 20.1. The fourth-order valence-electron chi connectivity index (χ4n) is 5.34. The van der Waals surface area contributed by atoms with Gasteiger partial charge in [-0.05, 0) is 77.3 Å². The first-order chi connectivity index (χ1) is 12.6. The summed E-state index contributed by atoms with van der Waals surface area (Å²) in [5.41, 5.74) is 2.23.